The fourth-order valence-electron chi connectivity index (χ4n) is 3.46. The highest BCUT2D eigenvalue weighted by Gasteiger charge is 2.24. The Morgan fingerprint density at radius 1 is 1.23 bits per heavy atom. The molecule has 3 aromatic heterocycles. The van der Waals surface area contributed by atoms with Crippen LogP contribution in [-0.2, 0) is 15.6 Å². The van der Waals surface area contributed by atoms with E-state index in [4.69, 9.17) is 27.0 Å². The molecule has 0 saturated carbocycles. The summed E-state index contributed by atoms with van der Waals surface area (Å²) in [6, 6.07) is 4.30. The summed E-state index contributed by atoms with van der Waals surface area (Å²) in [5, 5.41) is 8.14. The Balaban J connectivity index is 2.08. The molecule has 4 aromatic rings. The second-order valence-corrected chi connectivity index (χ2v) is 9.88. The number of H-pyrrole nitrogens is 1. The van der Waals surface area contributed by atoms with Crippen LogP contribution >= 0.6 is 22.3 Å². The van der Waals surface area contributed by atoms with E-state index in [0.717, 1.165) is 6.42 Å². The third kappa shape index (κ3) is 3.68. The van der Waals surface area contributed by atoms with Crippen LogP contribution in [0.1, 0.15) is 26.7 Å². The molecule has 0 unspecified atom stereocenters. The lowest BCUT2D eigenvalue weighted by Crippen LogP contribution is -2.26. The van der Waals surface area contributed by atoms with Crippen molar-refractivity contribution in [3.63, 3.8) is 0 Å². The summed E-state index contributed by atoms with van der Waals surface area (Å²) in [7, 11) is 1.58. The number of nitrogens with one attached hydrogen (secondary N) is 1. The van der Waals surface area contributed by atoms with Crippen LogP contribution in [-0.4, -0.2) is 39.2 Å². The lowest BCUT2D eigenvalue weighted by atomic mass is 10.1. The number of rotatable bonds is 7. The van der Waals surface area contributed by atoms with Crippen LogP contribution in [0.2, 0.25) is 5.02 Å². The molecule has 3 heterocycles. The summed E-state index contributed by atoms with van der Waals surface area (Å²) in [4.78, 5) is 16.0. The number of nitrogens with zero attached hydrogens (tertiary/aromatic N) is 4. The molecule has 0 bridgehead atoms. The number of aromatic amines is 1. The molecule has 0 atom stereocenters. The van der Waals surface area contributed by atoms with Crippen molar-refractivity contribution in [1.82, 2.24) is 24.1 Å². The van der Waals surface area contributed by atoms with Gasteiger partial charge < -0.3 is 9.72 Å². The number of fused-ring (bicyclic) bond motifs is 3. The lowest BCUT2D eigenvalue weighted by Gasteiger charge is -2.12. The summed E-state index contributed by atoms with van der Waals surface area (Å²) >= 11 is 6.76. The van der Waals surface area contributed by atoms with Gasteiger partial charge in [0.2, 0.25) is 0 Å². The molecule has 4 rings (SSSR count). The van der Waals surface area contributed by atoms with Crippen LogP contribution in [0.25, 0.3) is 27.9 Å². The van der Waals surface area contributed by atoms with Gasteiger partial charge in [-0.1, -0.05) is 25.4 Å². The second kappa shape index (κ2) is 8.18. The van der Waals surface area contributed by atoms with Gasteiger partial charge in [-0.2, -0.15) is 0 Å². The summed E-state index contributed by atoms with van der Waals surface area (Å²) < 4.78 is 32.6. The van der Waals surface area contributed by atoms with Crippen LogP contribution in [0, 0.1) is 0 Å². The Morgan fingerprint density at radius 2 is 2.00 bits per heavy atom. The maximum atomic E-state index is 12.9. The first-order valence-corrected chi connectivity index (χ1v) is 12.3. The van der Waals surface area contributed by atoms with Crippen molar-refractivity contribution in [2.75, 3.05) is 6.61 Å². The molecule has 0 aliphatic carbocycles. The van der Waals surface area contributed by atoms with Gasteiger partial charge in [0.15, 0.2) is 5.65 Å². The quantitative estimate of drug-likeness (QED) is 0.400. The Labute approximate surface area is 187 Å². The SMILES string of the molecule is CCCOc1ccc(S(=O)(=O)Cl)cc1-c1[nH]c2c(c1Cl)n(CCC)c(=O)n1cnnc21. The fraction of sp³-hybridized carbons (Fsp3) is 0.316. The largest absolute Gasteiger partial charge is 0.493 e. The highest BCUT2D eigenvalue weighted by atomic mass is 35.7. The predicted octanol–water partition coefficient (Wildman–Crippen LogP) is 3.82. The van der Waals surface area contributed by atoms with E-state index in [1.54, 1.807) is 4.57 Å². The van der Waals surface area contributed by atoms with E-state index >= 15 is 0 Å². The van der Waals surface area contributed by atoms with Crippen molar-refractivity contribution in [1.29, 1.82) is 0 Å². The molecule has 1 aromatic carbocycles. The lowest BCUT2D eigenvalue weighted by molar-refractivity contribution is 0.318. The van der Waals surface area contributed by atoms with Crippen molar-refractivity contribution < 1.29 is 13.2 Å². The number of hydrogen-bond acceptors (Lipinski definition) is 6. The van der Waals surface area contributed by atoms with Crippen molar-refractivity contribution >= 4 is 48.0 Å². The van der Waals surface area contributed by atoms with Gasteiger partial charge >= 0.3 is 5.69 Å². The third-order valence-electron chi connectivity index (χ3n) is 4.80. The van der Waals surface area contributed by atoms with Crippen LogP contribution in [0.15, 0.2) is 34.2 Å². The summed E-state index contributed by atoms with van der Waals surface area (Å²) in [5.41, 5.74) is 1.77. The average Bonchev–Trinajstić information content (AvgIpc) is 3.34. The van der Waals surface area contributed by atoms with Crippen molar-refractivity contribution in [3.8, 4) is 17.0 Å². The molecule has 9 nitrogen and oxygen atoms in total. The molecule has 164 valence electrons. The zero-order valence-electron chi connectivity index (χ0n) is 16.7. The molecule has 0 fully saturated rings. The van der Waals surface area contributed by atoms with E-state index in [-0.39, 0.29) is 15.6 Å². The zero-order chi connectivity index (χ0) is 22.3. The van der Waals surface area contributed by atoms with Gasteiger partial charge in [0, 0.05) is 22.8 Å². The van der Waals surface area contributed by atoms with Gasteiger partial charge in [-0.25, -0.2) is 17.6 Å². The van der Waals surface area contributed by atoms with Gasteiger partial charge in [0.25, 0.3) is 9.05 Å². The van der Waals surface area contributed by atoms with Crippen LogP contribution in [0.5, 0.6) is 5.75 Å². The summed E-state index contributed by atoms with van der Waals surface area (Å²) in [5.74, 6) is 0.432. The van der Waals surface area contributed by atoms with Crippen molar-refractivity contribution in [3.05, 3.63) is 40.0 Å². The van der Waals surface area contributed by atoms with Gasteiger partial charge in [0.1, 0.15) is 17.6 Å². The van der Waals surface area contributed by atoms with Gasteiger partial charge in [0.05, 0.1) is 27.7 Å². The number of aryl methyl sites for hydroxylation is 1. The zero-order valence-corrected chi connectivity index (χ0v) is 19.1. The summed E-state index contributed by atoms with van der Waals surface area (Å²) in [6.45, 7) is 4.75. The molecular weight excluding hydrogens is 465 g/mol. The number of aromatic nitrogens is 5. The molecule has 31 heavy (non-hydrogen) atoms. The highest BCUT2D eigenvalue weighted by Crippen LogP contribution is 2.40. The van der Waals surface area contributed by atoms with Crippen molar-refractivity contribution in [2.24, 2.45) is 0 Å². The van der Waals surface area contributed by atoms with Gasteiger partial charge in [-0.05, 0) is 31.0 Å². The minimum atomic E-state index is -3.98. The number of hydrogen-bond donors (Lipinski definition) is 1. The van der Waals surface area contributed by atoms with E-state index in [0.29, 0.717) is 53.3 Å². The molecule has 0 saturated heterocycles. The summed E-state index contributed by atoms with van der Waals surface area (Å²) in [6.07, 6.45) is 2.80. The van der Waals surface area contributed by atoms with Crippen LogP contribution < -0.4 is 10.4 Å². The number of halogens is 2. The minimum Gasteiger partial charge on any atom is -0.493 e. The van der Waals surface area contributed by atoms with Gasteiger partial charge in [-0.15, -0.1) is 10.2 Å². The van der Waals surface area contributed by atoms with E-state index < -0.39 is 9.05 Å². The van der Waals surface area contributed by atoms with E-state index in [1.165, 1.54) is 28.9 Å². The molecule has 0 radical (unpaired) electrons. The topological polar surface area (TPSA) is 111 Å². The molecule has 0 aliphatic heterocycles. The fourth-order valence-corrected chi connectivity index (χ4v) is 4.59. The van der Waals surface area contributed by atoms with E-state index in [2.05, 4.69) is 15.2 Å². The first-order chi connectivity index (χ1) is 14.8. The predicted molar refractivity (Wildman–Crippen MR) is 119 cm³/mol. The Kier molecular flexibility index (Phi) is 5.71. The average molecular weight is 484 g/mol. The normalized spacial score (nSPS) is 12.1. The van der Waals surface area contributed by atoms with Crippen molar-refractivity contribution in [2.45, 2.75) is 38.1 Å². The second-order valence-electron chi connectivity index (χ2n) is 6.94. The molecular formula is C19H19Cl2N5O4S. The third-order valence-corrected chi connectivity index (χ3v) is 6.52. The smallest absolute Gasteiger partial charge is 0.335 e. The molecule has 0 spiro atoms. The first kappa shape index (κ1) is 21.7. The number of benzene rings is 1. The van der Waals surface area contributed by atoms with E-state index in [9.17, 15) is 13.2 Å². The standard InChI is InChI=1S/C19H19Cl2N5O4S/c1-3-7-25-17-14(20)15(23-16(17)18-24-22-10-26(18)19(25)27)12-9-11(31(21,28)29)5-6-13(12)30-8-4-2/h5-6,9-10,23H,3-4,7-8H2,1-2H3. The number of ether oxygens (including phenoxy) is 1. The Hall–Kier alpha value is -2.56. The monoisotopic (exact) mass is 483 g/mol. The molecule has 0 amide bonds. The maximum Gasteiger partial charge on any atom is 0.335 e. The molecule has 1 N–H and O–H groups in total. The molecule has 12 heteroatoms. The Morgan fingerprint density at radius 3 is 2.68 bits per heavy atom. The van der Waals surface area contributed by atoms with E-state index in [1.807, 2.05) is 13.8 Å². The van der Waals surface area contributed by atoms with Crippen LogP contribution in [0.3, 0.4) is 0 Å². The maximum absolute atomic E-state index is 12.9. The highest BCUT2D eigenvalue weighted by molar-refractivity contribution is 8.13. The van der Waals surface area contributed by atoms with Gasteiger partial charge in [-0.3, -0.25) is 4.57 Å². The van der Waals surface area contributed by atoms with Crippen LogP contribution in [0.4, 0.5) is 0 Å². The minimum absolute atomic E-state index is 0.0960. The Bertz CT molecular complexity index is 1460. The first-order valence-electron chi connectivity index (χ1n) is 9.63. The molecule has 0 aliphatic rings.